The summed E-state index contributed by atoms with van der Waals surface area (Å²) in [5.74, 6) is -1.35. The second kappa shape index (κ2) is 10.4. The number of benzene rings is 1. The highest BCUT2D eigenvalue weighted by Gasteiger charge is 2.07. The summed E-state index contributed by atoms with van der Waals surface area (Å²) in [7, 11) is 0. The third kappa shape index (κ3) is 8.73. The van der Waals surface area contributed by atoms with Gasteiger partial charge in [0.1, 0.15) is 18.8 Å². The van der Waals surface area contributed by atoms with E-state index in [9.17, 15) is 14.4 Å². The van der Waals surface area contributed by atoms with E-state index in [2.05, 4.69) is 5.32 Å². The number of ketones is 1. The van der Waals surface area contributed by atoms with Gasteiger partial charge in [-0.05, 0) is 18.4 Å². The van der Waals surface area contributed by atoms with Gasteiger partial charge in [0.25, 0.3) is 0 Å². The van der Waals surface area contributed by atoms with Gasteiger partial charge in [-0.2, -0.15) is 0 Å². The molecular formula is C16H21NO5. The van der Waals surface area contributed by atoms with Crippen LogP contribution in [0.25, 0.3) is 0 Å². The fourth-order valence-corrected chi connectivity index (χ4v) is 1.85. The highest BCUT2D eigenvalue weighted by atomic mass is 16.5. The van der Waals surface area contributed by atoms with E-state index in [0.29, 0.717) is 13.0 Å². The molecule has 0 saturated heterocycles. The van der Waals surface area contributed by atoms with Crippen LogP contribution < -0.4 is 5.32 Å². The normalized spacial score (nSPS) is 10.0. The monoisotopic (exact) mass is 307 g/mol. The van der Waals surface area contributed by atoms with Gasteiger partial charge in [-0.3, -0.25) is 9.59 Å². The number of carbonyl (C=O) groups is 3. The van der Waals surface area contributed by atoms with Crippen LogP contribution in [0.3, 0.4) is 0 Å². The van der Waals surface area contributed by atoms with Crippen LogP contribution in [0.15, 0.2) is 30.3 Å². The number of amides is 1. The molecule has 22 heavy (non-hydrogen) atoms. The van der Waals surface area contributed by atoms with Gasteiger partial charge in [0.15, 0.2) is 0 Å². The van der Waals surface area contributed by atoms with E-state index in [1.807, 2.05) is 30.3 Å². The van der Waals surface area contributed by atoms with E-state index in [1.165, 1.54) is 0 Å². The van der Waals surface area contributed by atoms with Crippen LogP contribution in [0, 0.1) is 0 Å². The Morgan fingerprint density at radius 3 is 2.45 bits per heavy atom. The molecule has 0 fully saturated rings. The molecule has 0 unspecified atom stereocenters. The molecule has 1 aromatic rings. The lowest BCUT2D eigenvalue weighted by Crippen LogP contribution is -2.25. The van der Waals surface area contributed by atoms with Crippen molar-refractivity contribution in [3.8, 4) is 0 Å². The number of carboxylic acid groups (broad SMARTS) is 1. The van der Waals surface area contributed by atoms with Crippen molar-refractivity contribution in [2.75, 3.05) is 6.54 Å². The molecule has 0 aliphatic heterocycles. The van der Waals surface area contributed by atoms with Gasteiger partial charge >= 0.3 is 12.1 Å². The summed E-state index contributed by atoms with van der Waals surface area (Å²) in [4.78, 5) is 32.9. The Morgan fingerprint density at radius 2 is 1.77 bits per heavy atom. The van der Waals surface area contributed by atoms with Crippen molar-refractivity contribution in [2.24, 2.45) is 0 Å². The molecular weight excluding hydrogens is 286 g/mol. The minimum absolute atomic E-state index is 0.233. The van der Waals surface area contributed by atoms with Gasteiger partial charge in [0.05, 0.1) is 0 Å². The van der Waals surface area contributed by atoms with Gasteiger partial charge in [-0.15, -0.1) is 0 Å². The van der Waals surface area contributed by atoms with Crippen LogP contribution in [0.4, 0.5) is 4.79 Å². The summed E-state index contributed by atoms with van der Waals surface area (Å²) in [6.45, 7) is 0.705. The summed E-state index contributed by atoms with van der Waals surface area (Å²) >= 11 is 0. The first-order valence-electron chi connectivity index (χ1n) is 7.26. The van der Waals surface area contributed by atoms with E-state index in [-0.39, 0.29) is 18.8 Å². The predicted octanol–water partition coefficient (Wildman–Crippen LogP) is 2.52. The maximum atomic E-state index is 11.4. The number of nitrogens with one attached hydrogen (secondary N) is 1. The number of hydrogen-bond donors (Lipinski definition) is 2. The molecule has 0 atom stereocenters. The summed E-state index contributed by atoms with van der Waals surface area (Å²) in [6, 6.07) is 9.40. The molecule has 0 heterocycles. The fraction of sp³-hybridized carbons (Fsp3) is 0.438. The minimum Gasteiger partial charge on any atom is -0.481 e. The Labute approximate surface area is 129 Å². The number of alkyl carbamates (subject to hydrolysis) is 1. The summed E-state index contributed by atoms with van der Waals surface area (Å²) < 4.78 is 5.05. The number of carbonyl (C=O) groups excluding carboxylic acids is 2. The van der Waals surface area contributed by atoms with Crippen LogP contribution in [-0.2, 0) is 20.9 Å². The average molecular weight is 307 g/mol. The summed E-state index contributed by atoms with van der Waals surface area (Å²) in [6.07, 6.45) is 1.50. The number of Topliss-reactive ketones (excluding diaryl/α,β-unsaturated/α-hetero) is 1. The van der Waals surface area contributed by atoms with E-state index in [4.69, 9.17) is 9.84 Å². The quantitative estimate of drug-likeness (QED) is 0.512. The standard InChI is InChI=1S/C16H21NO5/c18-14(11-15(19)20)9-5-2-6-10-17-16(21)22-12-13-7-3-1-4-8-13/h1,3-4,7-8H,2,5-6,9-12H2,(H,17,21)(H,19,20). The topological polar surface area (TPSA) is 92.7 Å². The number of carboxylic acids is 1. The van der Waals surface area contributed by atoms with Crippen molar-refractivity contribution in [3.63, 3.8) is 0 Å². The van der Waals surface area contributed by atoms with Crippen LogP contribution >= 0.6 is 0 Å². The highest BCUT2D eigenvalue weighted by Crippen LogP contribution is 2.03. The largest absolute Gasteiger partial charge is 0.481 e. The van der Waals surface area contributed by atoms with Crippen molar-refractivity contribution < 1.29 is 24.2 Å². The molecule has 6 heteroatoms. The van der Waals surface area contributed by atoms with Gasteiger partial charge in [0, 0.05) is 13.0 Å². The minimum atomic E-state index is -1.09. The molecule has 1 rings (SSSR count). The van der Waals surface area contributed by atoms with Crippen LogP contribution in [-0.4, -0.2) is 29.5 Å². The molecule has 0 radical (unpaired) electrons. The molecule has 0 bridgehead atoms. The van der Waals surface area contributed by atoms with Gasteiger partial charge in [0.2, 0.25) is 0 Å². The fourth-order valence-electron chi connectivity index (χ4n) is 1.85. The number of ether oxygens (including phenoxy) is 1. The molecule has 0 aliphatic rings. The predicted molar refractivity (Wildman–Crippen MR) is 80.4 cm³/mol. The van der Waals surface area contributed by atoms with Gasteiger partial charge < -0.3 is 15.2 Å². The Hall–Kier alpha value is -2.37. The third-order valence-corrected chi connectivity index (χ3v) is 2.96. The third-order valence-electron chi connectivity index (χ3n) is 2.96. The van der Waals surface area contributed by atoms with Gasteiger partial charge in [-0.25, -0.2) is 4.79 Å². The first kappa shape index (κ1) is 17.7. The zero-order chi connectivity index (χ0) is 16.2. The maximum absolute atomic E-state index is 11.4. The number of aliphatic carboxylic acids is 1. The molecule has 1 aromatic carbocycles. The lowest BCUT2D eigenvalue weighted by Gasteiger charge is -2.07. The summed E-state index contributed by atoms with van der Waals surface area (Å²) in [5, 5.41) is 11.1. The highest BCUT2D eigenvalue weighted by molar-refractivity contribution is 5.94. The average Bonchev–Trinajstić information content (AvgIpc) is 2.49. The lowest BCUT2D eigenvalue weighted by atomic mass is 10.1. The van der Waals surface area contributed by atoms with Crippen molar-refractivity contribution in [1.29, 1.82) is 0 Å². The Morgan fingerprint density at radius 1 is 1.05 bits per heavy atom. The zero-order valence-electron chi connectivity index (χ0n) is 12.4. The van der Waals surface area contributed by atoms with Crippen LogP contribution in [0.2, 0.25) is 0 Å². The van der Waals surface area contributed by atoms with E-state index in [1.54, 1.807) is 0 Å². The number of unbranched alkanes of at least 4 members (excludes halogenated alkanes) is 2. The molecule has 1 amide bonds. The number of rotatable bonds is 10. The van der Waals surface area contributed by atoms with Gasteiger partial charge in [-0.1, -0.05) is 36.8 Å². The van der Waals surface area contributed by atoms with E-state index in [0.717, 1.165) is 18.4 Å². The second-order valence-corrected chi connectivity index (χ2v) is 4.91. The Bertz CT molecular complexity index is 487. The molecule has 0 aromatic heterocycles. The maximum Gasteiger partial charge on any atom is 0.407 e. The first-order valence-corrected chi connectivity index (χ1v) is 7.26. The van der Waals surface area contributed by atoms with E-state index < -0.39 is 18.5 Å². The molecule has 0 aliphatic carbocycles. The van der Waals surface area contributed by atoms with Crippen LogP contribution in [0.1, 0.15) is 37.7 Å². The Kier molecular flexibility index (Phi) is 8.33. The van der Waals surface area contributed by atoms with Crippen molar-refractivity contribution >= 4 is 17.8 Å². The molecule has 2 N–H and O–H groups in total. The second-order valence-electron chi connectivity index (χ2n) is 4.91. The Balaban J connectivity index is 1.99. The molecule has 6 nitrogen and oxygen atoms in total. The van der Waals surface area contributed by atoms with Crippen molar-refractivity contribution in [3.05, 3.63) is 35.9 Å². The smallest absolute Gasteiger partial charge is 0.407 e. The number of hydrogen-bond acceptors (Lipinski definition) is 4. The SMILES string of the molecule is O=C(O)CC(=O)CCCCCNC(=O)OCc1ccccc1. The summed E-state index contributed by atoms with van der Waals surface area (Å²) in [5.41, 5.74) is 0.926. The van der Waals surface area contributed by atoms with Crippen molar-refractivity contribution in [2.45, 2.75) is 38.7 Å². The van der Waals surface area contributed by atoms with E-state index >= 15 is 0 Å². The zero-order valence-corrected chi connectivity index (χ0v) is 12.4. The van der Waals surface area contributed by atoms with Crippen LogP contribution in [0.5, 0.6) is 0 Å². The molecule has 0 spiro atoms. The van der Waals surface area contributed by atoms with Crippen molar-refractivity contribution in [1.82, 2.24) is 5.32 Å². The molecule has 0 saturated carbocycles. The first-order chi connectivity index (χ1) is 10.6. The lowest BCUT2D eigenvalue weighted by molar-refractivity contribution is -0.140. The molecule has 120 valence electrons.